The zero-order chi connectivity index (χ0) is 47.6. The second kappa shape index (κ2) is 16.3. The van der Waals surface area contributed by atoms with E-state index in [1.165, 1.54) is 57.9 Å². The van der Waals surface area contributed by atoms with Gasteiger partial charge in [0.05, 0.1) is 0 Å². The first-order chi connectivity index (χ1) is 35.6. The minimum atomic E-state index is -0.0318. The van der Waals surface area contributed by atoms with Crippen LogP contribution < -0.4 is 52.1 Å². The van der Waals surface area contributed by atoms with Crippen molar-refractivity contribution in [3.63, 3.8) is 0 Å². The van der Waals surface area contributed by atoms with Crippen molar-refractivity contribution >= 4 is 125 Å². The molecule has 0 unspecified atom stereocenters. The summed E-state index contributed by atoms with van der Waals surface area (Å²) in [6.07, 6.45) is 0. The molecule has 0 spiro atoms. The molecule has 0 aliphatic carbocycles. The molecule has 0 fully saturated rings. The minimum Gasteiger partial charge on any atom is -0.457 e. The smallest absolute Gasteiger partial charge is 0.254 e. The average Bonchev–Trinajstić information content (AvgIpc) is 3.43. The van der Waals surface area contributed by atoms with Crippen LogP contribution in [0, 0.1) is 13.8 Å². The lowest BCUT2D eigenvalue weighted by Gasteiger charge is -2.40. The summed E-state index contributed by atoms with van der Waals surface area (Å²) in [5.41, 5.74) is 16.5. The largest absolute Gasteiger partial charge is 0.457 e. The van der Waals surface area contributed by atoms with E-state index in [2.05, 4.69) is 242 Å². The molecule has 4 nitrogen and oxygen atoms in total. The monoisotopic (exact) mass is 956 g/mol. The SMILES string of the molecule is Cc1c2c(c(C)c3c1Oc1c4c(cc5cc(N(c6ccccc6)c6ccccc6)ccc15)Sc1ccccc1B34)B1c3ccccc3Sc3cc4cc(N(c5ccccc5)c5ccccc5)ccc4c(c31)O2. The van der Waals surface area contributed by atoms with Gasteiger partial charge >= 0.3 is 0 Å². The van der Waals surface area contributed by atoms with Crippen LogP contribution in [0.3, 0.4) is 0 Å². The summed E-state index contributed by atoms with van der Waals surface area (Å²) in [5, 5.41) is 4.47. The molecule has 0 radical (unpaired) electrons. The van der Waals surface area contributed by atoms with Gasteiger partial charge in [0.2, 0.25) is 0 Å². The Hall–Kier alpha value is -8.03. The van der Waals surface area contributed by atoms with E-state index in [0.29, 0.717) is 0 Å². The fraction of sp³-hybridized carbons (Fsp3) is 0.0312. The van der Waals surface area contributed by atoms with Crippen LogP contribution in [0.15, 0.2) is 238 Å². The second-order valence-electron chi connectivity index (χ2n) is 19.1. The zero-order valence-corrected chi connectivity index (χ0v) is 41.1. The van der Waals surface area contributed by atoms with Gasteiger partial charge in [0, 0.05) is 70.0 Å². The molecule has 72 heavy (non-hydrogen) atoms. The van der Waals surface area contributed by atoms with Crippen molar-refractivity contribution in [2.24, 2.45) is 0 Å². The highest BCUT2D eigenvalue weighted by Gasteiger charge is 2.47. The lowest BCUT2D eigenvalue weighted by atomic mass is 9.31. The van der Waals surface area contributed by atoms with Gasteiger partial charge in [-0.25, -0.2) is 0 Å². The number of anilines is 6. The fourth-order valence-corrected chi connectivity index (χ4v) is 14.4. The van der Waals surface area contributed by atoms with Crippen LogP contribution in [0.5, 0.6) is 23.0 Å². The molecule has 15 rings (SSSR count). The number of rotatable bonds is 6. The van der Waals surface area contributed by atoms with Gasteiger partial charge in [-0.2, -0.15) is 0 Å². The molecule has 338 valence electrons. The highest BCUT2D eigenvalue weighted by Crippen LogP contribution is 2.49. The molecule has 0 saturated carbocycles. The van der Waals surface area contributed by atoms with Crippen LogP contribution >= 0.6 is 23.5 Å². The lowest BCUT2D eigenvalue weighted by Crippen LogP contribution is -2.63. The molecule has 4 heterocycles. The molecule has 0 saturated heterocycles. The van der Waals surface area contributed by atoms with Gasteiger partial charge in [0.1, 0.15) is 23.0 Å². The maximum Gasteiger partial charge on any atom is 0.254 e. The minimum absolute atomic E-state index is 0.0318. The molecule has 11 aromatic rings. The summed E-state index contributed by atoms with van der Waals surface area (Å²) in [5.74, 6) is 3.65. The van der Waals surface area contributed by atoms with Crippen LogP contribution in [0.25, 0.3) is 21.5 Å². The van der Waals surface area contributed by atoms with Gasteiger partial charge in [-0.05, 0) is 156 Å². The van der Waals surface area contributed by atoms with Gasteiger partial charge < -0.3 is 19.3 Å². The number of hydrogen-bond donors (Lipinski definition) is 0. The number of benzene rings is 11. The predicted molar refractivity (Wildman–Crippen MR) is 304 cm³/mol. The fourth-order valence-electron chi connectivity index (χ4n) is 12.0. The van der Waals surface area contributed by atoms with Crippen LogP contribution in [-0.2, 0) is 0 Å². The summed E-state index contributed by atoms with van der Waals surface area (Å²) in [7, 11) is 0. The van der Waals surface area contributed by atoms with Crippen molar-refractivity contribution in [2.45, 2.75) is 33.4 Å². The highest BCUT2D eigenvalue weighted by molar-refractivity contribution is 8.00. The predicted octanol–water partition coefficient (Wildman–Crippen LogP) is 13.7. The first-order valence-electron chi connectivity index (χ1n) is 24.6. The summed E-state index contributed by atoms with van der Waals surface area (Å²) < 4.78 is 15.1. The molecular formula is C64H42B2N2O2S2. The van der Waals surface area contributed by atoms with Crippen molar-refractivity contribution in [1.29, 1.82) is 0 Å². The molecule has 0 N–H and O–H groups in total. The van der Waals surface area contributed by atoms with E-state index in [-0.39, 0.29) is 13.4 Å². The van der Waals surface area contributed by atoms with E-state index in [1.54, 1.807) is 0 Å². The topological polar surface area (TPSA) is 24.9 Å². The molecule has 11 aromatic carbocycles. The van der Waals surface area contributed by atoms with Crippen molar-refractivity contribution in [1.82, 2.24) is 0 Å². The maximum atomic E-state index is 7.56. The zero-order valence-electron chi connectivity index (χ0n) is 39.5. The van der Waals surface area contributed by atoms with Crippen LogP contribution in [0.4, 0.5) is 34.1 Å². The third-order valence-electron chi connectivity index (χ3n) is 15.2. The molecule has 4 aliphatic heterocycles. The normalized spacial score (nSPS) is 13.2. The number of hydrogen-bond acceptors (Lipinski definition) is 6. The molecular weight excluding hydrogens is 914 g/mol. The molecule has 0 bridgehead atoms. The van der Waals surface area contributed by atoms with E-state index in [0.717, 1.165) is 84.2 Å². The Bertz CT molecular complexity index is 3710. The molecule has 0 aromatic heterocycles. The quantitative estimate of drug-likeness (QED) is 0.154. The van der Waals surface area contributed by atoms with Gasteiger partial charge in [-0.1, -0.05) is 149 Å². The summed E-state index contributed by atoms with van der Waals surface area (Å²) in [6, 6.07) is 79.1. The van der Waals surface area contributed by atoms with Crippen molar-refractivity contribution in [3.05, 3.63) is 230 Å². The number of fused-ring (bicyclic) bond motifs is 12. The van der Waals surface area contributed by atoms with Crippen molar-refractivity contribution in [3.8, 4) is 23.0 Å². The average molecular weight is 957 g/mol. The van der Waals surface area contributed by atoms with Gasteiger partial charge in [0.15, 0.2) is 0 Å². The van der Waals surface area contributed by atoms with Crippen molar-refractivity contribution < 1.29 is 9.47 Å². The number of para-hydroxylation sites is 4. The molecule has 0 atom stereocenters. The van der Waals surface area contributed by atoms with E-state index in [9.17, 15) is 0 Å². The van der Waals surface area contributed by atoms with Gasteiger partial charge in [-0.15, -0.1) is 0 Å². The van der Waals surface area contributed by atoms with E-state index in [1.807, 2.05) is 23.5 Å². The standard InChI is InChI=1S/C64H42B2N2O2S2/c1-39-57-61(69-63-49-33-31-47(67(43-19-7-3-8-20-43)44-21-9-4-10-22-44)35-41(49)37-55-59(63)65(57)51-27-15-17-29-53(51)71-55)40(2)62-58(39)66-52-28-16-18-30-54(52)72-56-38-42-36-48(32-34-50(42)64(70-62)60(56)66)68(45-23-11-5-12-24-45)46-25-13-6-14-26-46/h3-38H,1-2H3. The maximum absolute atomic E-state index is 7.56. The Labute approximate surface area is 428 Å². The third kappa shape index (κ3) is 6.25. The first kappa shape index (κ1) is 41.7. The highest BCUT2D eigenvalue weighted by atomic mass is 32.2. The van der Waals surface area contributed by atoms with Crippen LogP contribution in [0.2, 0.25) is 0 Å². The van der Waals surface area contributed by atoms with E-state index in [4.69, 9.17) is 9.47 Å². The summed E-state index contributed by atoms with van der Waals surface area (Å²) >= 11 is 3.72. The first-order valence-corrected chi connectivity index (χ1v) is 26.3. The van der Waals surface area contributed by atoms with E-state index < -0.39 is 0 Å². The van der Waals surface area contributed by atoms with E-state index >= 15 is 0 Å². The van der Waals surface area contributed by atoms with Crippen molar-refractivity contribution in [2.75, 3.05) is 9.80 Å². The van der Waals surface area contributed by atoms with Crippen LogP contribution in [0.1, 0.15) is 11.1 Å². The molecule has 4 aliphatic rings. The third-order valence-corrected chi connectivity index (χ3v) is 17.5. The Balaban J connectivity index is 0.932. The number of ether oxygens (including phenoxy) is 2. The summed E-state index contributed by atoms with van der Waals surface area (Å²) in [6.45, 7) is 4.49. The Morgan fingerprint density at radius 2 is 0.681 bits per heavy atom. The Morgan fingerprint density at radius 1 is 0.319 bits per heavy atom. The Kier molecular flexibility index (Phi) is 9.42. The molecule has 0 amide bonds. The van der Waals surface area contributed by atoms with Gasteiger partial charge in [0.25, 0.3) is 13.4 Å². The lowest BCUT2D eigenvalue weighted by molar-refractivity contribution is 0.462. The summed E-state index contributed by atoms with van der Waals surface area (Å²) in [4.78, 5) is 9.69. The second-order valence-corrected chi connectivity index (χ2v) is 21.3. The van der Waals surface area contributed by atoms with Crippen LogP contribution in [-0.4, -0.2) is 13.4 Å². The number of nitrogens with zero attached hydrogens (tertiary/aromatic N) is 2. The molecule has 8 heteroatoms. The Morgan fingerprint density at radius 3 is 1.07 bits per heavy atom. The van der Waals surface area contributed by atoms with Gasteiger partial charge in [-0.3, -0.25) is 0 Å².